The summed E-state index contributed by atoms with van der Waals surface area (Å²) < 4.78 is 62.6. The number of phenols is 1. The van der Waals surface area contributed by atoms with Gasteiger partial charge in [-0.15, -0.1) is 12.4 Å². The molecular formula is C10H10Cl2F5NO. The molecule has 1 aromatic rings. The van der Waals surface area contributed by atoms with E-state index in [1.165, 1.54) is 13.0 Å². The Morgan fingerprint density at radius 2 is 1.68 bits per heavy atom. The van der Waals surface area contributed by atoms with Gasteiger partial charge < -0.3 is 10.8 Å². The molecule has 0 amide bonds. The Bertz CT molecular complexity index is 464. The zero-order valence-corrected chi connectivity index (χ0v) is 11.0. The van der Waals surface area contributed by atoms with Crippen LogP contribution in [0.1, 0.15) is 17.2 Å². The van der Waals surface area contributed by atoms with Gasteiger partial charge >= 0.3 is 12.1 Å². The normalized spacial score (nSPS) is 13.9. The van der Waals surface area contributed by atoms with Crippen LogP contribution in [0.3, 0.4) is 0 Å². The standard InChI is InChI=1S/C10H9ClF5NO.ClH/c1-4-2-5(11)3-6(7(4)18)8(17)9(12,13)10(14,15)16;/h2-3,8,18H,17H2,1H3;1H/t8-;/m0./s1. The Hall–Kier alpha value is -0.790. The van der Waals surface area contributed by atoms with Crippen LogP contribution in [0.5, 0.6) is 5.75 Å². The summed E-state index contributed by atoms with van der Waals surface area (Å²) in [5, 5.41) is 9.39. The molecule has 19 heavy (non-hydrogen) atoms. The van der Waals surface area contributed by atoms with Crippen molar-refractivity contribution in [3.05, 3.63) is 28.3 Å². The lowest BCUT2D eigenvalue weighted by atomic mass is 9.98. The van der Waals surface area contributed by atoms with Crippen LogP contribution in [0.4, 0.5) is 22.0 Å². The van der Waals surface area contributed by atoms with Crippen LogP contribution in [-0.4, -0.2) is 17.2 Å². The molecule has 0 saturated heterocycles. The highest BCUT2D eigenvalue weighted by atomic mass is 35.5. The summed E-state index contributed by atoms with van der Waals surface area (Å²) >= 11 is 5.54. The van der Waals surface area contributed by atoms with Crippen molar-refractivity contribution >= 4 is 24.0 Å². The highest BCUT2D eigenvalue weighted by Gasteiger charge is 2.62. The van der Waals surface area contributed by atoms with Gasteiger partial charge in [0.2, 0.25) is 0 Å². The molecule has 0 aliphatic heterocycles. The number of alkyl halides is 5. The highest BCUT2D eigenvalue weighted by molar-refractivity contribution is 6.30. The number of phenolic OH excluding ortho intramolecular Hbond substituents is 1. The minimum Gasteiger partial charge on any atom is -0.507 e. The summed E-state index contributed by atoms with van der Waals surface area (Å²) in [6.07, 6.45) is -5.81. The first-order chi connectivity index (χ1) is 7.98. The maximum Gasteiger partial charge on any atom is 0.455 e. The van der Waals surface area contributed by atoms with Crippen molar-refractivity contribution < 1.29 is 27.1 Å². The fourth-order valence-corrected chi connectivity index (χ4v) is 1.65. The Labute approximate surface area is 116 Å². The number of rotatable bonds is 2. The van der Waals surface area contributed by atoms with E-state index in [0.29, 0.717) is 0 Å². The number of aromatic hydroxyl groups is 1. The zero-order valence-electron chi connectivity index (χ0n) is 9.43. The van der Waals surface area contributed by atoms with E-state index in [1.54, 1.807) is 0 Å². The van der Waals surface area contributed by atoms with Gasteiger partial charge in [-0.1, -0.05) is 11.6 Å². The smallest absolute Gasteiger partial charge is 0.455 e. The average Bonchev–Trinajstić information content (AvgIpc) is 2.20. The third kappa shape index (κ3) is 3.40. The van der Waals surface area contributed by atoms with Crippen molar-refractivity contribution in [1.29, 1.82) is 0 Å². The van der Waals surface area contributed by atoms with E-state index in [9.17, 15) is 27.1 Å². The Morgan fingerprint density at radius 3 is 2.11 bits per heavy atom. The minimum absolute atomic E-state index is 0. The van der Waals surface area contributed by atoms with Crippen molar-refractivity contribution in [3.8, 4) is 5.75 Å². The number of aryl methyl sites for hydroxylation is 1. The molecule has 0 heterocycles. The van der Waals surface area contributed by atoms with Gasteiger partial charge in [-0.3, -0.25) is 0 Å². The summed E-state index contributed by atoms with van der Waals surface area (Å²) in [7, 11) is 0. The summed E-state index contributed by atoms with van der Waals surface area (Å²) in [5.41, 5.74) is 4.22. The van der Waals surface area contributed by atoms with Crippen molar-refractivity contribution in [1.82, 2.24) is 0 Å². The van der Waals surface area contributed by atoms with E-state index < -0.39 is 29.5 Å². The lowest BCUT2D eigenvalue weighted by Gasteiger charge is -2.26. The summed E-state index contributed by atoms with van der Waals surface area (Å²) in [6.45, 7) is 1.31. The maximum atomic E-state index is 13.0. The second kappa shape index (κ2) is 5.68. The van der Waals surface area contributed by atoms with Crippen LogP contribution in [0.2, 0.25) is 5.02 Å². The molecule has 1 atom stereocenters. The molecule has 0 radical (unpaired) electrons. The second-order valence-electron chi connectivity index (χ2n) is 3.76. The molecular weight excluding hydrogens is 316 g/mol. The molecule has 1 aromatic carbocycles. The average molecular weight is 326 g/mol. The van der Waals surface area contributed by atoms with E-state index in [1.807, 2.05) is 0 Å². The molecule has 110 valence electrons. The van der Waals surface area contributed by atoms with Gasteiger partial charge in [0.05, 0.1) is 0 Å². The van der Waals surface area contributed by atoms with Crippen LogP contribution < -0.4 is 5.73 Å². The Kier molecular flexibility index (Phi) is 5.45. The Morgan fingerprint density at radius 1 is 1.21 bits per heavy atom. The number of nitrogens with two attached hydrogens (primary N) is 1. The second-order valence-corrected chi connectivity index (χ2v) is 4.20. The molecule has 1 rings (SSSR count). The van der Waals surface area contributed by atoms with Gasteiger partial charge in [-0.2, -0.15) is 22.0 Å². The molecule has 0 spiro atoms. The van der Waals surface area contributed by atoms with Crippen molar-refractivity contribution in [3.63, 3.8) is 0 Å². The largest absolute Gasteiger partial charge is 0.507 e. The molecule has 9 heteroatoms. The van der Waals surface area contributed by atoms with E-state index in [2.05, 4.69) is 0 Å². The lowest BCUT2D eigenvalue weighted by Crippen LogP contribution is -2.45. The molecule has 0 fully saturated rings. The van der Waals surface area contributed by atoms with Crippen LogP contribution in [0, 0.1) is 6.92 Å². The zero-order chi connectivity index (χ0) is 14.3. The van der Waals surface area contributed by atoms with Gasteiger partial charge in [0.1, 0.15) is 11.8 Å². The first-order valence-corrected chi connectivity index (χ1v) is 5.05. The van der Waals surface area contributed by atoms with Gasteiger partial charge in [-0.05, 0) is 24.6 Å². The van der Waals surface area contributed by atoms with Gasteiger partial charge in [0.25, 0.3) is 0 Å². The van der Waals surface area contributed by atoms with E-state index in [4.69, 9.17) is 17.3 Å². The summed E-state index contributed by atoms with van der Waals surface area (Å²) in [4.78, 5) is 0. The quantitative estimate of drug-likeness (QED) is 0.808. The van der Waals surface area contributed by atoms with Crippen molar-refractivity contribution in [2.45, 2.75) is 25.1 Å². The van der Waals surface area contributed by atoms with Gasteiger partial charge in [-0.25, -0.2) is 0 Å². The molecule has 0 bridgehead atoms. The fourth-order valence-electron chi connectivity index (χ4n) is 1.37. The number of benzene rings is 1. The molecule has 0 aliphatic rings. The molecule has 0 unspecified atom stereocenters. The molecule has 3 N–H and O–H groups in total. The summed E-state index contributed by atoms with van der Waals surface area (Å²) in [5.74, 6) is -5.89. The molecule has 0 aliphatic carbocycles. The number of halogens is 7. The first kappa shape index (κ1) is 18.2. The third-order valence-corrected chi connectivity index (χ3v) is 2.62. The SMILES string of the molecule is Cc1cc(Cl)cc([C@H](N)C(F)(F)C(F)(F)F)c1O.Cl. The van der Waals surface area contributed by atoms with E-state index in [0.717, 1.165) is 6.07 Å². The topological polar surface area (TPSA) is 46.2 Å². The van der Waals surface area contributed by atoms with Crippen molar-refractivity contribution in [2.75, 3.05) is 0 Å². The lowest BCUT2D eigenvalue weighted by molar-refractivity contribution is -0.291. The van der Waals surface area contributed by atoms with Crippen LogP contribution in [0.25, 0.3) is 0 Å². The maximum absolute atomic E-state index is 13.0. The van der Waals surface area contributed by atoms with Crippen LogP contribution in [0.15, 0.2) is 12.1 Å². The predicted molar refractivity (Wildman–Crippen MR) is 63.0 cm³/mol. The van der Waals surface area contributed by atoms with E-state index >= 15 is 0 Å². The first-order valence-electron chi connectivity index (χ1n) is 4.67. The van der Waals surface area contributed by atoms with Crippen LogP contribution >= 0.6 is 24.0 Å². The third-order valence-electron chi connectivity index (χ3n) is 2.40. The fraction of sp³-hybridized carbons (Fsp3) is 0.400. The monoisotopic (exact) mass is 325 g/mol. The predicted octanol–water partition coefficient (Wildman–Crippen LogP) is 3.97. The molecule has 2 nitrogen and oxygen atoms in total. The molecule has 0 saturated carbocycles. The van der Waals surface area contributed by atoms with E-state index in [-0.39, 0.29) is 23.0 Å². The molecule has 0 aromatic heterocycles. The minimum atomic E-state index is -5.81. The van der Waals surface area contributed by atoms with Gasteiger partial charge in [0.15, 0.2) is 0 Å². The van der Waals surface area contributed by atoms with Crippen molar-refractivity contribution in [2.24, 2.45) is 5.73 Å². The van der Waals surface area contributed by atoms with Crippen LogP contribution in [-0.2, 0) is 0 Å². The number of hydrogen-bond donors (Lipinski definition) is 2. The summed E-state index contributed by atoms with van der Waals surface area (Å²) in [6, 6.07) is -0.720. The van der Waals surface area contributed by atoms with Gasteiger partial charge in [0, 0.05) is 10.6 Å². The number of hydrogen-bond acceptors (Lipinski definition) is 2. The Balaban J connectivity index is 0.00000324. The highest BCUT2D eigenvalue weighted by Crippen LogP contribution is 2.46.